The van der Waals surface area contributed by atoms with E-state index >= 15 is 0 Å². The van der Waals surface area contributed by atoms with Gasteiger partial charge in [-0.3, -0.25) is 14.9 Å². The average molecular weight is 333 g/mol. The molecule has 5 nitrogen and oxygen atoms in total. The van der Waals surface area contributed by atoms with Gasteiger partial charge >= 0.3 is 0 Å². The largest absolute Gasteiger partial charge is 0.457 e. The van der Waals surface area contributed by atoms with E-state index in [1.54, 1.807) is 42.5 Å². The number of furan rings is 1. The average Bonchev–Trinajstić information content (AvgIpc) is 3.09. The zero-order valence-corrected chi connectivity index (χ0v) is 13.5. The molecule has 2 aromatic carbocycles. The second-order valence-electron chi connectivity index (χ2n) is 5.57. The van der Waals surface area contributed by atoms with Crippen LogP contribution in [0.4, 0.5) is 5.69 Å². The van der Waals surface area contributed by atoms with Crippen molar-refractivity contribution < 1.29 is 14.1 Å². The van der Waals surface area contributed by atoms with Gasteiger partial charge in [-0.2, -0.15) is 0 Å². The number of rotatable bonds is 5. The number of non-ortho nitro benzene ring substituents is 1. The first-order valence-electron chi connectivity index (χ1n) is 7.67. The van der Waals surface area contributed by atoms with Crippen LogP contribution in [0.25, 0.3) is 17.4 Å². The number of aryl methyl sites for hydroxylation is 1. The van der Waals surface area contributed by atoms with E-state index in [0.717, 1.165) is 5.56 Å². The van der Waals surface area contributed by atoms with Crippen molar-refractivity contribution in [3.05, 3.63) is 93.7 Å². The second kappa shape index (κ2) is 6.97. The van der Waals surface area contributed by atoms with Gasteiger partial charge in [0.2, 0.25) is 0 Å². The maximum absolute atomic E-state index is 12.1. The zero-order chi connectivity index (χ0) is 17.8. The quantitative estimate of drug-likeness (QED) is 0.283. The van der Waals surface area contributed by atoms with Crippen LogP contribution in [0.3, 0.4) is 0 Å². The normalized spacial score (nSPS) is 10.9. The lowest BCUT2D eigenvalue weighted by molar-refractivity contribution is -0.384. The van der Waals surface area contributed by atoms with E-state index in [-0.39, 0.29) is 11.5 Å². The van der Waals surface area contributed by atoms with Crippen LogP contribution >= 0.6 is 0 Å². The van der Waals surface area contributed by atoms with Crippen molar-refractivity contribution in [3.8, 4) is 11.3 Å². The van der Waals surface area contributed by atoms with Crippen LogP contribution in [0.5, 0.6) is 0 Å². The number of ketones is 1. The zero-order valence-electron chi connectivity index (χ0n) is 13.5. The van der Waals surface area contributed by atoms with E-state index in [4.69, 9.17) is 4.42 Å². The summed E-state index contributed by atoms with van der Waals surface area (Å²) in [6.45, 7) is 1.96. The number of hydrogen-bond donors (Lipinski definition) is 0. The highest BCUT2D eigenvalue weighted by atomic mass is 16.6. The van der Waals surface area contributed by atoms with E-state index in [9.17, 15) is 14.9 Å². The first kappa shape index (κ1) is 16.4. The number of nitrogens with zero attached hydrogens (tertiary/aromatic N) is 1. The van der Waals surface area contributed by atoms with Crippen molar-refractivity contribution >= 4 is 17.5 Å². The van der Waals surface area contributed by atoms with E-state index in [0.29, 0.717) is 22.6 Å². The number of carbonyl (C=O) groups is 1. The summed E-state index contributed by atoms with van der Waals surface area (Å²) in [5, 5.41) is 10.8. The van der Waals surface area contributed by atoms with Crippen LogP contribution in [0.1, 0.15) is 21.7 Å². The molecule has 124 valence electrons. The molecule has 1 heterocycles. The van der Waals surface area contributed by atoms with Crippen molar-refractivity contribution in [2.75, 3.05) is 0 Å². The second-order valence-corrected chi connectivity index (χ2v) is 5.57. The summed E-state index contributed by atoms with van der Waals surface area (Å²) in [7, 11) is 0. The minimum absolute atomic E-state index is 0.000501. The molecule has 0 bridgehead atoms. The SMILES string of the molecule is Cc1ccc(C(=O)/C=C/c2ccc(-c3cccc([N+](=O)[O-])c3)o2)cc1. The minimum atomic E-state index is -0.451. The molecule has 0 saturated heterocycles. The monoisotopic (exact) mass is 333 g/mol. The van der Waals surface area contributed by atoms with Gasteiger partial charge < -0.3 is 4.42 Å². The van der Waals surface area contributed by atoms with E-state index < -0.39 is 4.92 Å². The van der Waals surface area contributed by atoms with E-state index in [1.165, 1.54) is 18.2 Å². The lowest BCUT2D eigenvalue weighted by Crippen LogP contribution is -1.93. The van der Waals surface area contributed by atoms with Crippen LogP contribution in [-0.2, 0) is 0 Å². The Morgan fingerprint density at radius 2 is 1.84 bits per heavy atom. The van der Waals surface area contributed by atoms with E-state index in [1.807, 2.05) is 19.1 Å². The molecule has 0 atom stereocenters. The Bertz CT molecular complexity index is 952. The third-order valence-electron chi connectivity index (χ3n) is 3.70. The third-order valence-corrected chi connectivity index (χ3v) is 3.70. The van der Waals surface area contributed by atoms with Crippen LogP contribution in [0.15, 0.2) is 71.2 Å². The molecule has 0 aliphatic heterocycles. The molecule has 5 heteroatoms. The van der Waals surface area contributed by atoms with Gasteiger partial charge in [0.25, 0.3) is 5.69 Å². The maximum Gasteiger partial charge on any atom is 0.270 e. The number of nitro benzene ring substituents is 1. The Kier molecular flexibility index (Phi) is 4.57. The lowest BCUT2D eigenvalue weighted by Gasteiger charge is -1.97. The lowest BCUT2D eigenvalue weighted by atomic mass is 10.1. The van der Waals surface area contributed by atoms with Crippen molar-refractivity contribution in [1.82, 2.24) is 0 Å². The van der Waals surface area contributed by atoms with E-state index in [2.05, 4.69) is 0 Å². The Balaban J connectivity index is 1.77. The first-order valence-corrected chi connectivity index (χ1v) is 7.67. The number of hydrogen-bond acceptors (Lipinski definition) is 4. The summed E-state index contributed by atoms with van der Waals surface area (Å²) in [5.41, 5.74) is 2.31. The fraction of sp³-hybridized carbons (Fsp3) is 0.0500. The van der Waals surface area contributed by atoms with Gasteiger partial charge in [0, 0.05) is 23.3 Å². The molecule has 3 aromatic rings. The van der Waals surface area contributed by atoms with Crippen molar-refractivity contribution in [1.29, 1.82) is 0 Å². The fourth-order valence-electron chi connectivity index (χ4n) is 2.34. The highest BCUT2D eigenvalue weighted by Crippen LogP contribution is 2.26. The third kappa shape index (κ3) is 3.90. The molecule has 0 spiro atoms. The molecule has 0 aliphatic rings. The fourth-order valence-corrected chi connectivity index (χ4v) is 2.34. The van der Waals surface area contributed by atoms with Crippen LogP contribution in [-0.4, -0.2) is 10.7 Å². The molecule has 0 aliphatic carbocycles. The first-order chi connectivity index (χ1) is 12.0. The maximum atomic E-state index is 12.1. The Morgan fingerprint density at radius 1 is 1.08 bits per heavy atom. The number of benzene rings is 2. The standard InChI is InChI=1S/C20H15NO4/c1-14-5-7-15(8-6-14)19(22)11-9-18-10-12-20(25-18)16-3-2-4-17(13-16)21(23)24/h2-13H,1H3/b11-9+. The molecule has 1 aromatic heterocycles. The summed E-state index contributed by atoms with van der Waals surface area (Å²) in [4.78, 5) is 22.5. The number of allylic oxidation sites excluding steroid dienone is 1. The molecular formula is C20H15NO4. The van der Waals surface area contributed by atoms with Gasteiger partial charge in [-0.15, -0.1) is 0 Å². The number of carbonyl (C=O) groups excluding carboxylic acids is 1. The van der Waals surface area contributed by atoms with Gasteiger partial charge in [-0.05, 0) is 31.2 Å². The Morgan fingerprint density at radius 3 is 2.56 bits per heavy atom. The molecule has 25 heavy (non-hydrogen) atoms. The molecular weight excluding hydrogens is 318 g/mol. The highest BCUT2D eigenvalue weighted by Gasteiger charge is 2.10. The predicted molar refractivity (Wildman–Crippen MR) is 95.3 cm³/mol. The molecule has 0 saturated carbocycles. The van der Waals surface area contributed by atoms with Crippen molar-refractivity contribution in [2.45, 2.75) is 6.92 Å². The molecule has 3 rings (SSSR count). The van der Waals surface area contributed by atoms with Gasteiger partial charge in [-0.25, -0.2) is 0 Å². The summed E-state index contributed by atoms with van der Waals surface area (Å²) in [6.07, 6.45) is 3.03. The Hall–Kier alpha value is -3.47. The van der Waals surface area contributed by atoms with Crippen molar-refractivity contribution in [2.24, 2.45) is 0 Å². The van der Waals surface area contributed by atoms with Crippen LogP contribution < -0.4 is 0 Å². The minimum Gasteiger partial charge on any atom is -0.457 e. The summed E-state index contributed by atoms with van der Waals surface area (Å²) in [5.74, 6) is 0.890. The summed E-state index contributed by atoms with van der Waals surface area (Å²) >= 11 is 0. The highest BCUT2D eigenvalue weighted by molar-refractivity contribution is 6.06. The summed E-state index contributed by atoms with van der Waals surface area (Å²) < 4.78 is 5.65. The van der Waals surface area contributed by atoms with Gasteiger partial charge in [0.1, 0.15) is 11.5 Å². The molecule has 0 fully saturated rings. The van der Waals surface area contributed by atoms with Crippen LogP contribution in [0, 0.1) is 17.0 Å². The topological polar surface area (TPSA) is 73.3 Å². The summed E-state index contributed by atoms with van der Waals surface area (Å²) in [6, 6.07) is 17.0. The van der Waals surface area contributed by atoms with Gasteiger partial charge in [0.05, 0.1) is 4.92 Å². The Labute approximate surface area is 144 Å². The predicted octanol–water partition coefficient (Wildman–Crippen LogP) is 5.06. The molecule has 0 unspecified atom stereocenters. The number of nitro groups is 1. The molecule has 0 amide bonds. The smallest absolute Gasteiger partial charge is 0.270 e. The van der Waals surface area contributed by atoms with Gasteiger partial charge in [0.15, 0.2) is 5.78 Å². The van der Waals surface area contributed by atoms with Gasteiger partial charge in [-0.1, -0.05) is 42.0 Å². The van der Waals surface area contributed by atoms with Crippen molar-refractivity contribution in [3.63, 3.8) is 0 Å². The van der Waals surface area contributed by atoms with Crippen LogP contribution in [0.2, 0.25) is 0 Å². The molecule has 0 N–H and O–H groups in total. The molecule has 0 radical (unpaired) electrons.